The smallest absolute Gasteiger partial charge is 0.257 e. The molecule has 0 saturated heterocycles. The second-order valence-electron chi connectivity index (χ2n) is 7.64. The standard InChI is InChI=1S/C23H15BrCl3F2N3O2/c24-11-3-1-10(2-4-11)17-18(23(17,26)27)22(34)31-12-5-6-14(25)13(9-12)21(33)32-16-8-7-15(28)20(30)19(16)29/h1-9,17-18H,30H2,(H,31,34)(H,32,33). The fourth-order valence-corrected chi connectivity index (χ4v) is 4.89. The minimum Gasteiger partial charge on any atom is -0.394 e. The van der Waals surface area contributed by atoms with Crippen LogP contribution >= 0.6 is 50.7 Å². The summed E-state index contributed by atoms with van der Waals surface area (Å²) < 4.78 is 27.1. The average Bonchev–Trinajstić information content (AvgIpc) is 3.37. The Morgan fingerprint density at radius 2 is 1.68 bits per heavy atom. The number of alkyl halides is 2. The van der Waals surface area contributed by atoms with E-state index in [2.05, 4.69) is 26.6 Å². The third-order valence-corrected chi connectivity index (χ3v) is 7.22. The topological polar surface area (TPSA) is 84.2 Å². The second-order valence-corrected chi connectivity index (χ2v) is 10.4. The molecule has 3 aromatic carbocycles. The maximum atomic E-state index is 14.2. The lowest BCUT2D eigenvalue weighted by atomic mass is 10.1. The summed E-state index contributed by atoms with van der Waals surface area (Å²) in [5.41, 5.74) is 5.29. The highest BCUT2D eigenvalue weighted by molar-refractivity contribution is 9.10. The van der Waals surface area contributed by atoms with Crippen molar-refractivity contribution < 1.29 is 18.4 Å². The van der Waals surface area contributed by atoms with Gasteiger partial charge in [0.15, 0.2) is 5.82 Å². The van der Waals surface area contributed by atoms with Crippen LogP contribution in [0.1, 0.15) is 21.8 Å². The van der Waals surface area contributed by atoms with Crippen molar-refractivity contribution in [3.63, 3.8) is 0 Å². The van der Waals surface area contributed by atoms with E-state index in [1.54, 1.807) is 0 Å². The van der Waals surface area contributed by atoms with Gasteiger partial charge in [-0.1, -0.05) is 39.7 Å². The van der Waals surface area contributed by atoms with Gasteiger partial charge in [-0.05, 0) is 48.0 Å². The van der Waals surface area contributed by atoms with E-state index in [0.717, 1.165) is 22.2 Å². The fourth-order valence-electron chi connectivity index (χ4n) is 3.59. The van der Waals surface area contributed by atoms with Crippen molar-refractivity contribution >= 4 is 79.6 Å². The SMILES string of the molecule is Nc1c(F)ccc(NC(=O)c2cc(NC(=O)C3C(c4ccc(Br)cc4)C3(Cl)Cl)ccc2Cl)c1F. The highest BCUT2D eigenvalue weighted by atomic mass is 79.9. The first-order valence-electron chi connectivity index (χ1n) is 9.79. The van der Waals surface area contributed by atoms with Gasteiger partial charge in [-0.15, -0.1) is 23.2 Å². The Bertz CT molecular complexity index is 1310. The number of nitrogens with one attached hydrogen (secondary N) is 2. The molecular formula is C23H15BrCl3F2N3O2. The molecule has 1 aliphatic rings. The number of carbonyl (C=O) groups is 2. The summed E-state index contributed by atoms with van der Waals surface area (Å²) in [6.45, 7) is 0. The van der Waals surface area contributed by atoms with E-state index < -0.39 is 45.3 Å². The first kappa shape index (κ1) is 24.7. The molecule has 2 atom stereocenters. The van der Waals surface area contributed by atoms with Gasteiger partial charge >= 0.3 is 0 Å². The largest absolute Gasteiger partial charge is 0.394 e. The van der Waals surface area contributed by atoms with Crippen molar-refractivity contribution in [3.05, 3.63) is 86.9 Å². The molecular weight excluding hydrogens is 575 g/mol. The first-order valence-corrected chi connectivity index (χ1v) is 11.7. The molecule has 4 N–H and O–H groups in total. The molecule has 1 fully saturated rings. The number of halogens is 6. The molecule has 0 bridgehead atoms. The predicted octanol–water partition coefficient (Wildman–Crippen LogP) is 6.74. The number of nitrogen functional groups attached to an aromatic ring is 1. The Morgan fingerprint density at radius 3 is 2.35 bits per heavy atom. The summed E-state index contributed by atoms with van der Waals surface area (Å²) >= 11 is 22.2. The predicted molar refractivity (Wildman–Crippen MR) is 134 cm³/mol. The highest BCUT2D eigenvalue weighted by Crippen LogP contribution is 2.65. The van der Waals surface area contributed by atoms with E-state index in [0.29, 0.717) is 0 Å². The Hall–Kier alpha value is -2.39. The van der Waals surface area contributed by atoms with E-state index >= 15 is 0 Å². The molecule has 2 amide bonds. The molecule has 3 aromatic rings. The first-order chi connectivity index (χ1) is 16.0. The van der Waals surface area contributed by atoms with Gasteiger partial charge in [0.05, 0.1) is 22.2 Å². The summed E-state index contributed by atoms with van der Waals surface area (Å²) in [5.74, 6) is -4.41. The quantitative estimate of drug-likeness (QED) is 0.228. The number of carbonyl (C=O) groups excluding carboxylic acids is 2. The van der Waals surface area contributed by atoms with Crippen LogP contribution in [0.25, 0.3) is 0 Å². The zero-order chi connectivity index (χ0) is 24.8. The molecule has 0 heterocycles. The maximum absolute atomic E-state index is 14.2. The van der Waals surface area contributed by atoms with Crippen LogP contribution in [0, 0.1) is 17.6 Å². The molecule has 0 radical (unpaired) electrons. The summed E-state index contributed by atoms with van der Waals surface area (Å²) in [7, 11) is 0. The number of hydrogen-bond donors (Lipinski definition) is 3. The van der Waals surface area contributed by atoms with E-state index in [4.69, 9.17) is 40.5 Å². The Kier molecular flexibility index (Phi) is 6.79. The third-order valence-electron chi connectivity index (χ3n) is 5.42. The second kappa shape index (κ2) is 9.34. The monoisotopic (exact) mass is 587 g/mol. The van der Waals surface area contributed by atoms with Crippen molar-refractivity contribution in [2.45, 2.75) is 10.3 Å². The van der Waals surface area contributed by atoms with Crippen LogP contribution in [0.3, 0.4) is 0 Å². The Balaban J connectivity index is 1.51. The molecule has 34 heavy (non-hydrogen) atoms. The van der Waals surface area contributed by atoms with E-state index in [-0.39, 0.29) is 22.0 Å². The number of anilines is 3. The van der Waals surface area contributed by atoms with Gasteiger partial charge in [0.25, 0.3) is 5.91 Å². The van der Waals surface area contributed by atoms with Crippen LogP contribution in [-0.4, -0.2) is 16.1 Å². The van der Waals surface area contributed by atoms with Gasteiger partial charge in [-0.25, -0.2) is 8.78 Å². The lowest BCUT2D eigenvalue weighted by Crippen LogP contribution is -2.18. The van der Waals surface area contributed by atoms with Gasteiger partial charge < -0.3 is 16.4 Å². The normalized spacial score (nSPS) is 18.3. The lowest BCUT2D eigenvalue weighted by Gasteiger charge is -2.11. The van der Waals surface area contributed by atoms with Crippen molar-refractivity contribution in [1.29, 1.82) is 0 Å². The van der Waals surface area contributed by atoms with Gasteiger partial charge in [0.2, 0.25) is 5.91 Å². The lowest BCUT2D eigenvalue weighted by molar-refractivity contribution is -0.117. The molecule has 176 valence electrons. The maximum Gasteiger partial charge on any atom is 0.257 e. The van der Waals surface area contributed by atoms with Gasteiger partial charge in [0, 0.05) is 16.1 Å². The van der Waals surface area contributed by atoms with Crippen molar-refractivity contribution in [2.75, 3.05) is 16.4 Å². The molecule has 0 aliphatic heterocycles. The number of amides is 2. The third kappa shape index (κ3) is 4.73. The van der Waals surface area contributed by atoms with Gasteiger partial charge in [0.1, 0.15) is 15.8 Å². The molecule has 5 nitrogen and oxygen atoms in total. The Morgan fingerprint density at radius 1 is 1.00 bits per heavy atom. The number of hydrogen-bond acceptors (Lipinski definition) is 3. The van der Waals surface area contributed by atoms with Crippen LogP contribution in [-0.2, 0) is 4.79 Å². The molecule has 4 rings (SSSR count). The number of nitrogens with two attached hydrogens (primary N) is 1. The van der Waals surface area contributed by atoms with Crippen molar-refractivity contribution in [3.8, 4) is 0 Å². The van der Waals surface area contributed by atoms with Crippen molar-refractivity contribution in [2.24, 2.45) is 5.92 Å². The minimum atomic E-state index is -1.29. The van der Waals surface area contributed by atoms with E-state index in [1.165, 1.54) is 18.2 Å². The van der Waals surface area contributed by atoms with Crippen LogP contribution in [0.2, 0.25) is 5.02 Å². The zero-order valence-electron chi connectivity index (χ0n) is 17.0. The molecule has 2 unspecified atom stereocenters. The van der Waals surface area contributed by atoms with Crippen LogP contribution in [0.5, 0.6) is 0 Å². The molecule has 1 saturated carbocycles. The van der Waals surface area contributed by atoms with Gasteiger partial charge in [-0.3, -0.25) is 9.59 Å². The van der Waals surface area contributed by atoms with Gasteiger partial charge in [-0.2, -0.15) is 0 Å². The summed E-state index contributed by atoms with van der Waals surface area (Å²) in [5, 5.41) is 5.03. The van der Waals surface area contributed by atoms with E-state index in [9.17, 15) is 18.4 Å². The summed E-state index contributed by atoms with van der Waals surface area (Å²) in [6.07, 6.45) is 0. The number of benzene rings is 3. The highest BCUT2D eigenvalue weighted by Gasteiger charge is 2.67. The average molecular weight is 590 g/mol. The molecule has 0 aromatic heterocycles. The number of rotatable bonds is 5. The zero-order valence-corrected chi connectivity index (χ0v) is 20.9. The van der Waals surface area contributed by atoms with Crippen LogP contribution in [0.4, 0.5) is 25.8 Å². The summed E-state index contributed by atoms with van der Waals surface area (Å²) in [6, 6.07) is 13.5. The van der Waals surface area contributed by atoms with E-state index in [1.807, 2.05) is 24.3 Å². The fraction of sp³-hybridized carbons (Fsp3) is 0.130. The minimum absolute atomic E-state index is 0.0502. The van der Waals surface area contributed by atoms with Crippen LogP contribution in [0.15, 0.2) is 59.1 Å². The molecule has 0 spiro atoms. The Labute approximate surface area is 216 Å². The van der Waals surface area contributed by atoms with Crippen LogP contribution < -0.4 is 16.4 Å². The molecule has 11 heteroatoms. The molecule has 1 aliphatic carbocycles. The summed E-state index contributed by atoms with van der Waals surface area (Å²) in [4.78, 5) is 25.6. The van der Waals surface area contributed by atoms with Crippen molar-refractivity contribution in [1.82, 2.24) is 0 Å².